The predicted octanol–water partition coefficient (Wildman–Crippen LogP) is 0.753. The van der Waals surface area contributed by atoms with Crippen LogP contribution in [0.1, 0.15) is 5.69 Å². The molecule has 0 aliphatic rings. The summed E-state index contributed by atoms with van der Waals surface area (Å²) in [5, 5.41) is 15.0. The number of aromatic nitrogens is 2. The minimum Gasteiger partial charge on any atom is -0.539 e. The third-order valence-corrected chi connectivity index (χ3v) is 2.04. The van der Waals surface area contributed by atoms with Crippen molar-refractivity contribution >= 4 is 0 Å². The van der Waals surface area contributed by atoms with Gasteiger partial charge >= 0.3 is 0 Å². The second kappa shape index (κ2) is 3.96. The van der Waals surface area contributed by atoms with Crippen LogP contribution in [0.3, 0.4) is 0 Å². The summed E-state index contributed by atoms with van der Waals surface area (Å²) in [6, 6.07) is 9.36. The molecule has 2 rings (SSSR count). The van der Waals surface area contributed by atoms with Crippen molar-refractivity contribution in [2.45, 2.75) is 6.42 Å². The topological polar surface area (TPSA) is 53.0 Å². The molecule has 1 heterocycles. The fourth-order valence-corrected chi connectivity index (χ4v) is 1.35. The average Bonchev–Trinajstić information content (AvgIpc) is 2.63. The van der Waals surface area contributed by atoms with Crippen LogP contribution in [0.15, 0.2) is 47.5 Å². The molecule has 4 nitrogen and oxygen atoms in total. The van der Waals surface area contributed by atoms with Gasteiger partial charge in [0.25, 0.3) is 0 Å². The highest BCUT2D eigenvalue weighted by Gasteiger charge is 2.17. The summed E-state index contributed by atoms with van der Waals surface area (Å²) in [5.41, 5.74) is 1.29. The molecule has 0 N–H and O–H groups in total. The van der Waals surface area contributed by atoms with Gasteiger partial charge in [-0.2, -0.15) is 0 Å². The first-order valence-electron chi connectivity index (χ1n) is 4.57. The van der Waals surface area contributed by atoms with Gasteiger partial charge < -0.3 is 9.63 Å². The van der Waals surface area contributed by atoms with Gasteiger partial charge in [-0.25, -0.2) is 0 Å². The molecule has 0 unspecified atom stereocenters. The van der Waals surface area contributed by atoms with Crippen LogP contribution >= 0.6 is 0 Å². The molecule has 0 aliphatic carbocycles. The summed E-state index contributed by atoms with van der Waals surface area (Å²) in [5.74, 6) is -0.418. The van der Waals surface area contributed by atoms with E-state index in [1.54, 1.807) is 6.08 Å². The van der Waals surface area contributed by atoms with E-state index in [1.807, 2.05) is 30.3 Å². The van der Waals surface area contributed by atoms with Crippen LogP contribution in [-0.4, -0.2) is 5.27 Å². The number of hydrogen-bond acceptors (Lipinski definition) is 3. The maximum Gasteiger partial charge on any atom is 0.243 e. The Morgan fingerprint density at radius 2 is 2.13 bits per heavy atom. The Labute approximate surface area is 87.1 Å². The molecule has 0 fully saturated rings. The van der Waals surface area contributed by atoms with Crippen molar-refractivity contribution in [3.63, 3.8) is 0 Å². The van der Waals surface area contributed by atoms with Crippen molar-refractivity contribution in [2.24, 2.45) is 0 Å². The minimum absolute atomic E-state index is 0.418. The van der Waals surface area contributed by atoms with Crippen molar-refractivity contribution in [3.8, 4) is 11.6 Å². The van der Waals surface area contributed by atoms with Crippen LogP contribution < -0.4 is 9.79 Å². The van der Waals surface area contributed by atoms with E-state index < -0.39 is 5.95 Å². The summed E-state index contributed by atoms with van der Waals surface area (Å²) in [6.45, 7) is 3.59. The van der Waals surface area contributed by atoms with Gasteiger partial charge in [0.15, 0.2) is 5.95 Å². The van der Waals surface area contributed by atoms with E-state index in [-0.39, 0.29) is 0 Å². The smallest absolute Gasteiger partial charge is 0.243 e. The van der Waals surface area contributed by atoms with Crippen LogP contribution in [0.4, 0.5) is 0 Å². The van der Waals surface area contributed by atoms with Gasteiger partial charge in [-0.3, -0.25) is 0 Å². The largest absolute Gasteiger partial charge is 0.539 e. The Morgan fingerprint density at radius 1 is 1.40 bits per heavy atom. The third-order valence-electron chi connectivity index (χ3n) is 2.04. The maximum absolute atomic E-state index is 11.3. The molecule has 0 saturated heterocycles. The maximum atomic E-state index is 11.3. The summed E-state index contributed by atoms with van der Waals surface area (Å²) < 4.78 is 6.10. The second-order valence-electron chi connectivity index (χ2n) is 3.05. The molecule has 0 aliphatic heterocycles. The standard InChI is InChI=1S/C11H10N2O2/c1-2-6-10-11(14)15-12-13(10)9-7-4-3-5-8-9/h2-5,7-8H,1,6H2. The summed E-state index contributed by atoms with van der Waals surface area (Å²) in [6.07, 6.45) is 2.09. The van der Waals surface area contributed by atoms with Crippen LogP contribution in [0.5, 0.6) is 5.95 Å². The van der Waals surface area contributed by atoms with E-state index >= 15 is 0 Å². The van der Waals surface area contributed by atoms with Crippen LogP contribution in [0.2, 0.25) is 0 Å². The molecule has 0 bridgehead atoms. The zero-order valence-electron chi connectivity index (χ0n) is 8.09. The number of benzene rings is 1. The molecule has 15 heavy (non-hydrogen) atoms. The molecule has 0 saturated carbocycles. The summed E-state index contributed by atoms with van der Waals surface area (Å²) in [4.78, 5) is 0. The van der Waals surface area contributed by atoms with E-state index in [0.29, 0.717) is 12.1 Å². The average molecular weight is 202 g/mol. The molecule has 0 radical (unpaired) electrons. The monoisotopic (exact) mass is 202 g/mol. The van der Waals surface area contributed by atoms with Gasteiger partial charge in [-0.05, 0) is 4.68 Å². The van der Waals surface area contributed by atoms with Crippen molar-refractivity contribution in [3.05, 3.63) is 48.7 Å². The van der Waals surface area contributed by atoms with Gasteiger partial charge in [0.1, 0.15) is 0 Å². The highest BCUT2D eigenvalue weighted by Crippen LogP contribution is 2.10. The van der Waals surface area contributed by atoms with Crippen LogP contribution in [0.25, 0.3) is 5.69 Å². The minimum atomic E-state index is -0.418. The van der Waals surface area contributed by atoms with E-state index in [0.717, 1.165) is 5.69 Å². The molecular formula is C11H10N2O2. The van der Waals surface area contributed by atoms with Gasteiger partial charge in [-0.15, -0.1) is 6.58 Å². The van der Waals surface area contributed by atoms with E-state index in [4.69, 9.17) is 0 Å². The Hall–Kier alpha value is -2.10. The number of nitrogens with zero attached hydrogens (tertiary/aromatic N) is 2. The van der Waals surface area contributed by atoms with Crippen molar-refractivity contribution in [1.29, 1.82) is 0 Å². The summed E-state index contributed by atoms with van der Waals surface area (Å²) >= 11 is 0. The predicted molar refractivity (Wildman–Crippen MR) is 51.4 cm³/mol. The van der Waals surface area contributed by atoms with Gasteiger partial charge in [0.05, 0.1) is 11.7 Å². The molecule has 0 amide bonds. The molecule has 1 aromatic heterocycles. The fourth-order valence-electron chi connectivity index (χ4n) is 1.35. The Kier molecular flexibility index (Phi) is 2.49. The number of allylic oxidation sites excluding steroid dienone is 1. The van der Waals surface area contributed by atoms with E-state index in [1.165, 1.54) is 4.68 Å². The first-order chi connectivity index (χ1) is 7.33. The first kappa shape index (κ1) is 9.45. The molecule has 0 atom stereocenters. The zero-order valence-corrected chi connectivity index (χ0v) is 8.09. The fraction of sp³-hybridized carbons (Fsp3) is 0.0909. The third kappa shape index (κ3) is 1.74. The van der Waals surface area contributed by atoms with Crippen LogP contribution in [-0.2, 0) is 6.42 Å². The Morgan fingerprint density at radius 3 is 2.80 bits per heavy atom. The SMILES string of the molecule is C=CCc1c([O-])on[n+]1-c1ccccc1. The van der Waals surface area contributed by atoms with E-state index in [2.05, 4.69) is 16.4 Å². The van der Waals surface area contributed by atoms with Gasteiger partial charge in [0, 0.05) is 12.1 Å². The number of para-hydroxylation sites is 1. The van der Waals surface area contributed by atoms with Crippen molar-refractivity contribution in [2.75, 3.05) is 0 Å². The highest BCUT2D eigenvalue weighted by molar-refractivity contribution is 5.22. The quantitative estimate of drug-likeness (QED) is 0.545. The normalized spacial score (nSPS) is 10.1. The lowest BCUT2D eigenvalue weighted by Gasteiger charge is -1.93. The van der Waals surface area contributed by atoms with Gasteiger partial charge in [0.2, 0.25) is 11.4 Å². The zero-order chi connectivity index (χ0) is 10.7. The second-order valence-corrected chi connectivity index (χ2v) is 3.05. The molecular weight excluding hydrogens is 192 g/mol. The number of rotatable bonds is 3. The van der Waals surface area contributed by atoms with Crippen molar-refractivity contribution < 1.29 is 14.3 Å². The molecule has 76 valence electrons. The number of hydrogen-bond donors (Lipinski definition) is 0. The molecule has 4 heteroatoms. The van der Waals surface area contributed by atoms with Crippen molar-refractivity contribution in [1.82, 2.24) is 5.27 Å². The lowest BCUT2D eigenvalue weighted by atomic mass is 10.3. The molecule has 2 aromatic rings. The van der Waals surface area contributed by atoms with E-state index in [9.17, 15) is 5.11 Å². The lowest BCUT2D eigenvalue weighted by molar-refractivity contribution is -0.677. The highest BCUT2D eigenvalue weighted by atomic mass is 16.6. The summed E-state index contributed by atoms with van der Waals surface area (Å²) in [7, 11) is 0. The Balaban J connectivity index is 2.49. The van der Waals surface area contributed by atoms with Gasteiger partial charge in [-0.1, -0.05) is 24.3 Å². The lowest BCUT2D eigenvalue weighted by Crippen LogP contribution is -2.36. The molecule has 1 aromatic carbocycles. The van der Waals surface area contributed by atoms with Crippen LogP contribution in [0, 0.1) is 0 Å². The first-order valence-corrected chi connectivity index (χ1v) is 4.57. The Bertz CT molecular complexity index is 463. The molecule has 0 spiro atoms.